The van der Waals surface area contributed by atoms with E-state index in [0.717, 1.165) is 0 Å². The lowest BCUT2D eigenvalue weighted by atomic mass is 10.2. The summed E-state index contributed by atoms with van der Waals surface area (Å²) >= 11 is 0. The van der Waals surface area contributed by atoms with E-state index in [4.69, 9.17) is 4.74 Å². The van der Waals surface area contributed by atoms with Gasteiger partial charge in [-0.25, -0.2) is 0 Å². The summed E-state index contributed by atoms with van der Waals surface area (Å²) in [6.07, 6.45) is 2.85. The Balaban J connectivity index is -0.000000141. The minimum absolute atomic E-state index is 0.103. The second kappa shape index (κ2) is 29.7. The Labute approximate surface area is 113 Å². The first-order valence-corrected chi connectivity index (χ1v) is 6.50. The number of carbonyl (C=O) groups excluding carboxylic acids is 2. The molecule has 0 bridgehead atoms. The molecule has 0 saturated heterocycles. The molecule has 0 aromatic carbocycles. The molecule has 0 aliphatic rings. The summed E-state index contributed by atoms with van der Waals surface area (Å²) in [5.41, 5.74) is 4.50. The van der Waals surface area contributed by atoms with E-state index in [0.29, 0.717) is 19.3 Å². The van der Waals surface area contributed by atoms with Crippen molar-refractivity contribution in [1.29, 1.82) is 0 Å². The quantitative estimate of drug-likeness (QED) is 0.589. The van der Waals surface area contributed by atoms with Gasteiger partial charge < -0.3 is 15.3 Å². The van der Waals surface area contributed by atoms with Crippen molar-refractivity contribution in [1.82, 2.24) is 0 Å². The third-order valence-corrected chi connectivity index (χ3v) is 1.27. The number of rotatable bonds is 6. The van der Waals surface area contributed by atoms with Crippen LogP contribution in [0.4, 0.5) is 0 Å². The number of esters is 1. The molecule has 4 nitrogen and oxygen atoms in total. The summed E-state index contributed by atoms with van der Waals surface area (Å²) in [4.78, 5) is 21.3. The van der Waals surface area contributed by atoms with Crippen molar-refractivity contribution in [3.8, 4) is 0 Å². The Kier molecular flexibility index (Phi) is 42.3. The van der Waals surface area contributed by atoms with Crippen LogP contribution in [0.5, 0.6) is 0 Å². The number of carbonyl (C=O) groups is 2. The molecule has 0 spiro atoms. The van der Waals surface area contributed by atoms with Crippen molar-refractivity contribution in [2.75, 3.05) is 13.7 Å². The molecule has 0 radical (unpaired) electrons. The monoisotopic (exact) mass is 261 g/mol. The first-order valence-electron chi connectivity index (χ1n) is 6.50. The minimum Gasteiger partial charge on any atom is -0.461 e. The van der Waals surface area contributed by atoms with Crippen LogP contribution in [0.2, 0.25) is 0 Å². The maximum atomic E-state index is 10.8. The smallest absolute Gasteiger partial charge is 0.306 e. The van der Waals surface area contributed by atoms with Crippen LogP contribution in [0.15, 0.2) is 12.7 Å². The standard InChI is InChI=1S/C9H14O3.2C2H6.CH5N/c1-3-7-12-9(11)6-4-5-8(2)10;3*1-2/h3H,1,4-7H2,2H3;2*1-2H3;2H2,1H3. The van der Waals surface area contributed by atoms with Gasteiger partial charge in [0.2, 0.25) is 0 Å². The lowest BCUT2D eigenvalue weighted by molar-refractivity contribution is -0.142. The molecule has 0 rings (SSSR count). The van der Waals surface area contributed by atoms with E-state index < -0.39 is 0 Å². The predicted octanol–water partition coefficient (Wildman–Crippen LogP) is 3.10. The Bertz CT molecular complexity index is 180. The third kappa shape index (κ3) is 36.4. The zero-order valence-corrected chi connectivity index (χ0v) is 12.9. The number of ketones is 1. The summed E-state index contributed by atoms with van der Waals surface area (Å²) in [6, 6.07) is 0. The molecule has 2 N–H and O–H groups in total. The summed E-state index contributed by atoms with van der Waals surface area (Å²) in [5, 5.41) is 0. The van der Waals surface area contributed by atoms with Crippen molar-refractivity contribution in [2.45, 2.75) is 53.9 Å². The molecule has 18 heavy (non-hydrogen) atoms. The molecular formula is C14H31NO3. The minimum atomic E-state index is -0.267. The molecule has 0 aromatic heterocycles. The van der Waals surface area contributed by atoms with Gasteiger partial charge in [-0.2, -0.15) is 0 Å². The van der Waals surface area contributed by atoms with Crippen molar-refractivity contribution in [3.05, 3.63) is 12.7 Å². The highest BCUT2D eigenvalue weighted by Crippen LogP contribution is 1.98. The van der Waals surface area contributed by atoms with Crippen molar-refractivity contribution in [2.24, 2.45) is 5.73 Å². The first-order chi connectivity index (χ1) is 8.66. The van der Waals surface area contributed by atoms with Gasteiger partial charge in [0.05, 0.1) is 0 Å². The van der Waals surface area contributed by atoms with Gasteiger partial charge in [-0.15, -0.1) is 0 Å². The summed E-state index contributed by atoms with van der Waals surface area (Å²) in [5.74, 6) is -0.164. The average Bonchev–Trinajstić information content (AvgIpc) is 2.43. The highest BCUT2D eigenvalue weighted by molar-refractivity contribution is 5.76. The highest BCUT2D eigenvalue weighted by atomic mass is 16.5. The fourth-order valence-corrected chi connectivity index (χ4v) is 0.706. The van der Waals surface area contributed by atoms with Gasteiger partial charge in [-0.1, -0.05) is 40.3 Å². The molecule has 4 heteroatoms. The number of nitrogens with two attached hydrogens (primary N) is 1. The van der Waals surface area contributed by atoms with E-state index in [1.807, 2.05) is 27.7 Å². The molecule has 0 atom stereocenters. The molecule has 0 unspecified atom stereocenters. The molecule has 0 aliphatic carbocycles. The van der Waals surface area contributed by atoms with E-state index in [1.54, 1.807) is 0 Å². The van der Waals surface area contributed by atoms with Gasteiger partial charge in [0.25, 0.3) is 0 Å². The lowest BCUT2D eigenvalue weighted by Gasteiger charge is -1.99. The maximum Gasteiger partial charge on any atom is 0.306 e. The molecular weight excluding hydrogens is 230 g/mol. The fourth-order valence-electron chi connectivity index (χ4n) is 0.706. The maximum absolute atomic E-state index is 10.8. The second-order valence-corrected chi connectivity index (χ2v) is 2.53. The van der Waals surface area contributed by atoms with Crippen LogP contribution in [-0.2, 0) is 14.3 Å². The van der Waals surface area contributed by atoms with Gasteiger partial charge in [-0.3, -0.25) is 4.79 Å². The van der Waals surface area contributed by atoms with Gasteiger partial charge in [0.15, 0.2) is 0 Å². The van der Waals surface area contributed by atoms with E-state index >= 15 is 0 Å². The van der Waals surface area contributed by atoms with Gasteiger partial charge in [0, 0.05) is 12.8 Å². The zero-order valence-electron chi connectivity index (χ0n) is 12.9. The molecule has 0 aromatic rings. The summed E-state index contributed by atoms with van der Waals surface area (Å²) in [7, 11) is 1.50. The van der Waals surface area contributed by atoms with E-state index in [9.17, 15) is 9.59 Å². The summed E-state index contributed by atoms with van der Waals surface area (Å²) < 4.78 is 4.70. The van der Waals surface area contributed by atoms with Crippen molar-refractivity contribution in [3.63, 3.8) is 0 Å². The van der Waals surface area contributed by atoms with Crippen LogP contribution < -0.4 is 5.73 Å². The normalized spacial score (nSPS) is 7.06. The number of hydrogen-bond acceptors (Lipinski definition) is 4. The Morgan fingerprint density at radius 2 is 1.56 bits per heavy atom. The molecule has 0 saturated carbocycles. The fraction of sp³-hybridized carbons (Fsp3) is 0.714. The van der Waals surface area contributed by atoms with Crippen LogP contribution in [0, 0.1) is 0 Å². The Morgan fingerprint density at radius 1 is 1.11 bits per heavy atom. The largest absolute Gasteiger partial charge is 0.461 e. The topological polar surface area (TPSA) is 69.4 Å². The molecule has 0 amide bonds. The second-order valence-electron chi connectivity index (χ2n) is 2.53. The number of Topliss-reactive ketones (excluding diaryl/α,β-unsaturated/α-hetero) is 1. The molecule has 0 heterocycles. The Morgan fingerprint density at radius 3 is 1.89 bits per heavy atom. The van der Waals surface area contributed by atoms with Gasteiger partial charge >= 0.3 is 5.97 Å². The van der Waals surface area contributed by atoms with Crippen LogP contribution in [0.25, 0.3) is 0 Å². The van der Waals surface area contributed by atoms with Gasteiger partial charge in [-0.05, 0) is 20.4 Å². The van der Waals surface area contributed by atoms with Gasteiger partial charge in [0.1, 0.15) is 12.4 Å². The third-order valence-electron chi connectivity index (χ3n) is 1.27. The highest BCUT2D eigenvalue weighted by Gasteiger charge is 2.01. The molecule has 0 aliphatic heterocycles. The number of hydrogen-bond donors (Lipinski definition) is 1. The lowest BCUT2D eigenvalue weighted by Crippen LogP contribution is -2.04. The zero-order chi connectivity index (χ0) is 15.4. The van der Waals surface area contributed by atoms with Crippen LogP contribution >= 0.6 is 0 Å². The SMILES string of the molecule is C=CCOC(=O)CCCC(C)=O.CC.CC.CN. The van der Waals surface area contributed by atoms with E-state index in [-0.39, 0.29) is 18.4 Å². The first kappa shape index (κ1) is 25.6. The van der Waals surface area contributed by atoms with Crippen molar-refractivity contribution >= 4 is 11.8 Å². The van der Waals surface area contributed by atoms with Crippen LogP contribution in [0.1, 0.15) is 53.9 Å². The van der Waals surface area contributed by atoms with Crippen molar-refractivity contribution < 1.29 is 14.3 Å². The van der Waals surface area contributed by atoms with E-state index in [1.165, 1.54) is 20.0 Å². The molecule has 0 fully saturated rings. The predicted molar refractivity (Wildman–Crippen MR) is 78.5 cm³/mol. The average molecular weight is 261 g/mol. The van der Waals surface area contributed by atoms with Crippen LogP contribution in [0.3, 0.4) is 0 Å². The van der Waals surface area contributed by atoms with Crippen LogP contribution in [-0.4, -0.2) is 25.4 Å². The van der Waals surface area contributed by atoms with E-state index in [2.05, 4.69) is 12.3 Å². The summed E-state index contributed by atoms with van der Waals surface area (Å²) in [6.45, 7) is 13.2. The Hall–Kier alpha value is -1.16. The number of ether oxygens (including phenoxy) is 1. The molecule has 110 valence electrons.